The second-order valence-corrected chi connectivity index (χ2v) is 4.15. The Morgan fingerprint density at radius 2 is 2.17 bits per heavy atom. The second-order valence-electron chi connectivity index (χ2n) is 3.05. The maximum atomic E-state index is 12.2. The number of carboxylic acid groups (broad SMARTS) is 1. The Labute approximate surface area is 113 Å². The SMILES string of the molecule is COc1nc(I)cc(OC(F)(F)F)c1CC(=O)O. The normalized spacial score (nSPS) is 11.2. The summed E-state index contributed by atoms with van der Waals surface area (Å²) in [5, 5.41) is 8.66. The van der Waals surface area contributed by atoms with Crippen molar-refractivity contribution in [2.45, 2.75) is 12.8 Å². The van der Waals surface area contributed by atoms with E-state index in [1.807, 2.05) is 0 Å². The Kier molecular flexibility index (Phi) is 4.59. The van der Waals surface area contributed by atoms with Gasteiger partial charge in [0.25, 0.3) is 0 Å². The molecule has 0 fully saturated rings. The third-order valence-electron chi connectivity index (χ3n) is 1.76. The minimum atomic E-state index is -4.91. The molecule has 0 saturated heterocycles. The Balaban J connectivity index is 3.27. The van der Waals surface area contributed by atoms with Crippen molar-refractivity contribution < 1.29 is 32.5 Å². The molecule has 9 heteroatoms. The van der Waals surface area contributed by atoms with Crippen molar-refractivity contribution in [3.05, 3.63) is 15.3 Å². The van der Waals surface area contributed by atoms with Gasteiger partial charge in [0.15, 0.2) is 0 Å². The van der Waals surface area contributed by atoms with Crippen LogP contribution in [0.15, 0.2) is 6.07 Å². The minimum absolute atomic E-state index is 0.192. The lowest BCUT2D eigenvalue weighted by Crippen LogP contribution is -2.19. The molecule has 0 atom stereocenters. The Morgan fingerprint density at radius 1 is 1.56 bits per heavy atom. The number of carbonyl (C=O) groups is 1. The Hall–Kier alpha value is -1.26. The molecular weight excluding hydrogens is 370 g/mol. The zero-order valence-corrected chi connectivity index (χ0v) is 11.1. The van der Waals surface area contributed by atoms with E-state index >= 15 is 0 Å². The molecule has 1 heterocycles. The number of hydrogen-bond donors (Lipinski definition) is 1. The molecule has 1 aromatic rings. The smallest absolute Gasteiger partial charge is 0.481 e. The van der Waals surface area contributed by atoms with E-state index in [-0.39, 0.29) is 15.1 Å². The van der Waals surface area contributed by atoms with Crippen LogP contribution in [0.4, 0.5) is 13.2 Å². The number of carboxylic acids is 1. The summed E-state index contributed by atoms with van der Waals surface area (Å²) in [6, 6.07) is 0.995. The summed E-state index contributed by atoms with van der Waals surface area (Å²) >= 11 is 1.67. The summed E-state index contributed by atoms with van der Waals surface area (Å²) in [5.74, 6) is -2.15. The van der Waals surface area contributed by atoms with Crippen LogP contribution in [0.1, 0.15) is 5.56 Å². The lowest BCUT2D eigenvalue weighted by Gasteiger charge is -2.14. The number of aromatic nitrogens is 1. The number of rotatable bonds is 4. The van der Waals surface area contributed by atoms with Gasteiger partial charge in [-0.3, -0.25) is 4.79 Å². The van der Waals surface area contributed by atoms with Crippen molar-refractivity contribution in [1.82, 2.24) is 4.98 Å². The van der Waals surface area contributed by atoms with E-state index in [0.29, 0.717) is 0 Å². The largest absolute Gasteiger partial charge is 0.573 e. The van der Waals surface area contributed by atoms with Gasteiger partial charge in [0, 0.05) is 6.07 Å². The standard InChI is InChI=1S/C9H7F3INO4/c1-17-8-4(2-7(15)16)5(3-6(13)14-8)18-9(10,11)12/h3H,2H2,1H3,(H,15,16). The molecule has 1 rings (SSSR count). The average molecular weight is 377 g/mol. The first-order valence-electron chi connectivity index (χ1n) is 4.44. The number of nitrogens with zero attached hydrogens (tertiary/aromatic N) is 1. The lowest BCUT2D eigenvalue weighted by molar-refractivity contribution is -0.275. The van der Waals surface area contributed by atoms with Crippen LogP contribution in [-0.2, 0) is 11.2 Å². The molecule has 0 aliphatic heterocycles. The molecule has 1 aromatic heterocycles. The highest BCUT2D eigenvalue weighted by atomic mass is 127. The van der Waals surface area contributed by atoms with Crippen molar-refractivity contribution in [3.8, 4) is 11.6 Å². The number of aliphatic carboxylic acids is 1. The zero-order chi connectivity index (χ0) is 13.9. The molecule has 100 valence electrons. The fraction of sp³-hybridized carbons (Fsp3) is 0.333. The van der Waals surface area contributed by atoms with Gasteiger partial charge in [-0.25, -0.2) is 4.98 Å². The molecule has 18 heavy (non-hydrogen) atoms. The first kappa shape index (κ1) is 14.8. The van der Waals surface area contributed by atoms with Crippen LogP contribution < -0.4 is 9.47 Å². The van der Waals surface area contributed by atoms with E-state index in [2.05, 4.69) is 9.72 Å². The number of halogens is 4. The third kappa shape index (κ3) is 4.20. The van der Waals surface area contributed by atoms with Crippen molar-refractivity contribution in [2.75, 3.05) is 7.11 Å². The highest BCUT2D eigenvalue weighted by molar-refractivity contribution is 14.1. The monoisotopic (exact) mass is 377 g/mol. The van der Waals surface area contributed by atoms with Crippen LogP contribution >= 0.6 is 22.6 Å². The van der Waals surface area contributed by atoms with Crippen molar-refractivity contribution in [1.29, 1.82) is 0 Å². The number of alkyl halides is 3. The molecule has 0 unspecified atom stereocenters. The Morgan fingerprint density at radius 3 is 2.61 bits per heavy atom. The molecule has 5 nitrogen and oxygen atoms in total. The van der Waals surface area contributed by atoms with Gasteiger partial charge in [0.2, 0.25) is 5.88 Å². The van der Waals surface area contributed by atoms with E-state index in [9.17, 15) is 18.0 Å². The van der Waals surface area contributed by atoms with E-state index < -0.39 is 24.5 Å². The molecule has 0 aromatic carbocycles. The van der Waals surface area contributed by atoms with Gasteiger partial charge >= 0.3 is 12.3 Å². The van der Waals surface area contributed by atoms with Crippen molar-refractivity contribution in [3.63, 3.8) is 0 Å². The first-order valence-corrected chi connectivity index (χ1v) is 5.51. The topological polar surface area (TPSA) is 68.7 Å². The zero-order valence-electron chi connectivity index (χ0n) is 8.92. The van der Waals surface area contributed by atoms with Gasteiger partial charge in [-0.15, -0.1) is 13.2 Å². The van der Waals surface area contributed by atoms with Gasteiger partial charge in [-0.2, -0.15) is 0 Å². The van der Waals surface area contributed by atoms with Crippen LogP contribution in [0.25, 0.3) is 0 Å². The maximum absolute atomic E-state index is 12.2. The molecule has 0 spiro atoms. The number of ether oxygens (including phenoxy) is 2. The number of methoxy groups -OCH3 is 1. The Bertz CT molecular complexity index is 464. The van der Waals surface area contributed by atoms with Gasteiger partial charge in [-0.1, -0.05) is 0 Å². The fourth-order valence-electron chi connectivity index (χ4n) is 1.20. The highest BCUT2D eigenvalue weighted by Gasteiger charge is 2.33. The second kappa shape index (κ2) is 5.59. The van der Waals surface area contributed by atoms with Crippen LogP contribution in [0.3, 0.4) is 0 Å². The van der Waals surface area contributed by atoms with Crippen molar-refractivity contribution >= 4 is 28.6 Å². The van der Waals surface area contributed by atoms with Gasteiger partial charge < -0.3 is 14.6 Å². The minimum Gasteiger partial charge on any atom is -0.481 e. The van der Waals surface area contributed by atoms with E-state index in [4.69, 9.17) is 9.84 Å². The molecule has 0 bridgehead atoms. The average Bonchev–Trinajstić information content (AvgIpc) is 2.18. The molecule has 0 saturated carbocycles. The van der Waals surface area contributed by atoms with Crippen LogP contribution in [-0.4, -0.2) is 29.5 Å². The highest BCUT2D eigenvalue weighted by Crippen LogP contribution is 2.33. The predicted molar refractivity (Wildman–Crippen MR) is 61.5 cm³/mol. The molecule has 0 amide bonds. The third-order valence-corrected chi connectivity index (χ3v) is 2.31. The molecular formula is C9H7F3INO4. The van der Waals surface area contributed by atoms with E-state index in [1.165, 1.54) is 7.11 Å². The van der Waals surface area contributed by atoms with Crippen molar-refractivity contribution in [2.24, 2.45) is 0 Å². The van der Waals surface area contributed by atoms with Gasteiger partial charge in [0.1, 0.15) is 9.45 Å². The van der Waals surface area contributed by atoms with Gasteiger partial charge in [-0.05, 0) is 22.6 Å². The summed E-state index contributed by atoms with van der Waals surface area (Å²) in [4.78, 5) is 14.4. The molecule has 0 aliphatic carbocycles. The van der Waals surface area contributed by atoms with Gasteiger partial charge in [0.05, 0.1) is 19.1 Å². The summed E-state index contributed by atoms with van der Waals surface area (Å²) < 4.78 is 45.3. The summed E-state index contributed by atoms with van der Waals surface area (Å²) in [7, 11) is 1.18. The maximum Gasteiger partial charge on any atom is 0.573 e. The fourth-order valence-corrected chi connectivity index (χ4v) is 1.70. The lowest BCUT2D eigenvalue weighted by atomic mass is 10.2. The predicted octanol–water partition coefficient (Wildman–Crippen LogP) is 2.22. The van der Waals surface area contributed by atoms with E-state index in [1.54, 1.807) is 22.6 Å². The van der Waals surface area contributed by atoms with Crippen LogP contribution in [0.2, 0.25) is 0 Å². The summed E-state index contributed by atoms with van der Waals surface area (Å²) in [6.45, 7) is 0. The summed E-state index contributed by atoms with van der Waals surface area (Å²) in [5.41, 5.74) is -0.261. The number of hydrogen-bond acceptors (Lipinski definition) is 4. The van der Waals surface area contributed by atoms with E-state index in [0.717, 1.165) is 6.07 Å². The summed E-state index contributed by atoms with van der Waals surface area (Å²) in [6.07, 6.45) is -5.60. The quantitative estimate of drug-likeness (QED) is 0.644. The molecule has 1 N–H and O–H groups in total. The van der Waals surface area contributed by atoms with Crippen LogP contribution in [0, 0.1) is 3.70 Å². The molecule has 0 aliphatic rings. The number of pyridine rings is 1. The van der Waals surface area contributed by atoms with Crippen LogP contribution in [0.5, 0.6) is 11.6 Å². The first-order chi connectivity index (χ1) is 8.23. The molecule has 0 radical (unpaired) electrons.